The van der Waals surface area contributed by atoms with Crippen LogP contribution in [0.4, 0.5) is 0 Å². The summed E-state index contributed by atoms with van der Waals surface area (Å²) in [4.78, 5) is 22.5. The van der Waals surface area contributed by atoms with Crippen LogP contribution in [-0.4, -0.2) is 49.9 Å². The predicted octanol–water partition coefficient (Wildman–Crippen LogP) is 12.7. The Labute approximate surface area is 331 Å². The summed E-state index contributed by atoms with van der Waals surface area (Å²) < 4.78 is 33.4. The average Bonchev–Trinajstić information content (AvgIpc) is 3.16. The van der Waals surface area contributed by atoms with Gasteiger partial charge in [0, 0.05) is 19.6 Å². The van der Waals surface area contributed by atoms with Gasteiger partial charge in [0.25, 0.3) is 0 Å². The molecule has 2 atom stereocenters. The number of hydrogen-bond acceptors (Lipinski definition) is 7. The molecular weight excluding hydrogens is 697 g/mol. The largest absolute Gasteiger partial charge is 0.472 e. The molecule has 0 aliphatic heterocycles. The van der Waals surface area contributed by atoms with Crippen LogP contribution in [-0.2, 0) is 27.9 Å². The smallest absolute Gasteiger partial charge is 0.457 e. The van der Waals surface area contributed by atoms with E-state index in [-0.39, 0.29) is 38.8 Å². The van der Waals surface area contributed by atoms with Crippen LogP contribution in [0.3, 0.4) is 0 Å². The van der Waals surface area contributed by atoms with Crippen molar-refractivity contribution >= 4 is 13.8 Å². The molecule has 9 heteroatoms. The fraction of sp³-hybridized carbons (Fsp3) is 0.711. The lowest BCUT2D eigenvalue weighted by molar-refractivity contribution is -0.154. The topological polar surface area (TPSA) is 117 Å². The summed E-state index contributed by atoms with van der Waals surface area (Å²) in [6, 6.07) is 0. The molecule has 0 spiro atoms. The van der Waals surface area contributed by atoms with E-state index in [0.717, 1.165) is 83.5 Å². The van der Waals surface area contributed by atoms with E-state index in [1.165, 1.54) is 64.2 Å². The van der Waals surface area contributed by atoms with Gasteiger partial charge < -0.3 is 20.1 Å². The first-order valence-corrected chi connectivity index (χ1v) is 22.9. The van der Waals surface area contributed by atoms with Gasteiger partial charge in [-0.2, -0.15) is 0 Å². The molecule has 0 bridgehead atoms. The maximum absolute atomic E-state index is 12.6. The number of esters is 1. The van der Waals surface area contributed by atoms with Gasteiger partial charge in [-0.05, 0) is 64.2 Å². The van der Waals surface area contributed by atoms with Crippen molar-refractivity contribution in [3.63, 3.8) is 0 Å². The second-order valence-electron chi connectivity index (χ2n) is 13.8. The third-order valence-electron chi connectivity index (χ3n) is 8.64. The molecule has 0 fully saturated rings. The zero-order valence-electron chi connectivity index (χ0n) is 34.4. The lowest BCUT2D eigenvalue weighted by atomic mass is 10.1. The first kappa shape index (κ1) is 51.9. The van der Waals surface area contributed by atoms with Crippen molar-refractivity contribution in [2.75, 3.05) is 33.0 Å². The van der Waals surface area contributed by atoms with E-state index in [0.29, 0.717) is 6.61 Å². The van der Waals surface area contributed by atoms with Crippen molar-refractivity contribution in [3.8, 4) is 0 Å². The fourth-order valence-electron chi connectivity index (χ4n) is 5.53. The van der Waals surface area contributed by atoms with Crippen LogP contribution in [0.1, 0.15) is 168 Å². The van der Waals surface area contributed by atoms with Gasteiger partial charge in [-0.25, -0.2) is 4.57 Å². The summed E-state index contributed by atoms with van der Waals surface area (Å²) in [6.07, 6.45) is 52.0. The van der Waals surface area contributed by atoms with E-state index < -0.39 is 13.9 Å². The van der Waals surface area contributed by atoms with E-state index in [9.17, 15) is 14.3 Å². The standard InChI is InChI=1S/C45H80NO7P/c1-3-5-7-9-11-13-15-17-18-19-20-21-22-23-24-25-26-27-28-30-32-34-36-38-45(47)53-44(43-52-54(48,49)51-41-39-46)42-50-40-37-35-33-31-29-16-14-12-10-8-6-4-2/h5,7,11,13,17-18,20-21,23-24,26-27,44H,3-4,6,8-10,12,14-16,19,22,25,28-43,46H2,1-2H3,(H,48,49)/b7-5-,13-11-,18-17-,21-20-,24-23-,27-26-. The Morgan fingerprint density at radius 2 is 1.04 bits per heavy atom. The summed E-state index contributed by atoms with van der Waals surface area (Å²) in [5.41, 5.74) is 5.36. The number of ether oxygens (including phenoxy) is 2. The molecule has 312 valence electrons. The number of carbonyl (C=O) groups excluding carboxylic acids is 1. The van der Waals surface area contributed by atoms with Gasteiger partial charge >= 0.3 is 13.8 Å². The van der Waals surface area contributed by atoms with Gasteiger partial charge in [0.05, 0.1) is 19.8 Å². The minimum atomic E-state index is -4.28. The van der Waals surface area contributed by atoms with E-state index in [1.807, 2.05) is 0 Å². The van der Waals surface area contributed by atoms with E-state index in [2.05, 4.69) is 86.8 Å². The van der Waals surface area contributed by atoms with Crippen LogP contribution < -0.4 is 5.73 Å². The van der Waals surface area contributed by atoms with Gasteiger partial charge in [-0.3, -0.25) is 13.8 Å². The summed E-state index contributed by atoms with van der Waals surface area (Å²) in [5, 5.41) is 0. The summed E-state index contributed by atoms with van der Waals surface area (Å²) in [5.74, 6) is -0.356. The molecule has 0 saturated carbocycles. The molecule has 54 heavy (non-hydrogen) atoms. The Morgan fingerprint density at radius 3 is 1.56 bits per heavy atom. The highest BCUT2D eigenvalue weighted by atomic mass is 31.2. The van der Waals surface area contributed by atoms with Gasteiger partial charge in [0.2, 0.25) is 0 Å². The third kappa shape index (κ3) is 41.1. The zero-order valence-corrected chi connectivity index (χ0v) is 35.3. The molecule has 0 amide bonds. The normalized spacial score (nSPS) is 14.2. The second kappa shape index (κ2) is 42.1. The molecule has 0 aromatic heterocycles. The zero-order chi connectivity index (χ0) is 39.5. The molecular formula is C45H80NO7P. The maximum Gasteiger partial charge on any atom is 0.472 e. The van der Waals surface area contributed by atoms with Crippen molar-refractivity contribution in [2.24, 2.45) is 5.73 Å². The average molecular weight is 778 g/mol. The van der Waals surface area contributed by atoms with Crippen molar-refractivity contribution in [3.05, 3.63) is 72.9 Å². The minimum absolute atomic E-state index is 0.0931. The molecule has 0 radical (unpaired) electrons. The van der Waals surface area contributed by atoms with Gasteiger partial charge in [-0.15, -0.1) is 0 Å². The number of phosphoric acid groups is 1. The van der Waals surface area contributed by atoms with Gasteiger partial charge in [0.1, 0.15) is 6.10 Å². The van der Waals surface area contributed by atoms with Crippen molar-refractivity contribution in [2.45, 2.75) is 174 Å². The first-order chi connectivity index (χ1) is 26.4. The van der Waals surface area contributed by atoms with Gasteiger partial charge in [0.15, 0.2) is 0 Å². The second-order valence-corrected chi connectivity index (χ2v) is 15.3. The van der Waals surface area contributed by atoms with Crippen LogP contribution in [0.2, 0.25) is 0 Å². The predicted molar refractivity (Wildman–Crippen MR) is 228 cm³/mol. The molecule has 2 unspecified atom stereocenters. The SMILES string of the molecule is CC/C=C\C/C=C\C/C=C\C/C=C\C/C=C\C/C=C\CCCCCCC(=O)OC(COCCCCCCCCCCCCCC)COP(=O)(O)OCCN. The fourth-order valence-corrected chi connectivity index (χ4v) is 6.29. The first-order valence-electron chi connectivity index (χ1n) is 21.4. The molecule has 3 N–H and O–H groups in total. The highest BCUT2D eigenvalue weighted by Crippen LogP contribution is 2.43. The lowest BCUT2D eigenvalue weighted by Gasteiger charge is -2.20. The highest BCUT2D eigenvalue weighted by molar-refractivity contribution is 7.47. The van der Waals surface area contributed by atoms with Crippen LogP contribution in [0.25, 0.3) is 0 Å². The Hall–Kier alpha value is -2.06. The quantitative estimate of drug-likeness (QED) is 0.0273. The maximum atomic E-state index is 12.6. The Kier molecular flexibility index (Phi) is 40.5. The van der Waals surface area contributed by atoms with Crippen molar-refractivity contribution < 1.29 is 32.8 Å². The molecule has 0 heterocycles. The van der Waals surface area contributed by atoms with Crippen LogP contribution in [0, 0.1) is 0 Å². The Balaban J connectivity index is 4.10. The van der Waals surface area contributed by atoms with E-state index in [4.69, 9.17) is 24.3 Å². The van der Waals surface area contributed by atoms with Crippen molar-refractivity contribution in [1.82, 2.24) is 0 Å². The Morgan fingerprint density at radius 1 is 0.574 bits per heavy atom. The number of carbonyl (C=O) groups is 1. The van der Waals surface area contributed by atoms with E-state index >= 15 is 0 Å². The number of allylic oxidation sites excluding steroid dienone is 12. The van der Waals surface area contributed by atoms with Gasteiger partial charge in [-0.1, -0.05) is 170 Å². The number of nitrogens with two attached hydrogens (primary N) is 1. The number of phosphoric ester groups is 1. The summed E-state index contributed by atoms with van der Waals surface area (Å²) >= 11 is 0. The van der Waals surface area contributed by atoms with Crippen LogP contribution in [0.5, 0.6) is 0 Å². The molecule has 0 aromatic rings. The monoisotopic (exact) mass is 778 g/mol. The van der Waals surface area contributed by atoms with Crippen molar-refractivity contribution in [1.29, 1.82) is 0 Å². The molecule has 0 aliphatic carbocycles. The number of unbranched alkanes of at least 4 members (excludes halogenated alkanes) is 15. The Bertz CT molecular complexity index is 1050. The van der Waals surface area contributed by atoms with Crippen LogP contribution in [0.15, 0.2) is 72.9 Å². The highest BCUT2D eigenvalue weighted by Gasteiger charge is 2.25. The number of hydrogen-bond donors (Lipinski definition) is 2. The lowest BCUT2D eigenvalue weighted by Crippen LogP contribution is -2.28. The molecule has 0 aliphatic rings. The molecule has 0 aromatic carbocycles. The van der Waals surface area contributed by atoms with E-state index in [1.54, 1.807) is 0 Å². The molecule has 8 nitrogen and oxygen atoms in total. The molecule has 0 saturated heterocycles. The number of rotatable bonds is 40. The van der Waals surface area contributed by atoms with Crippen LogP contribution >= 0.6 is 7.82 Å². The minimum Gasteiger partial charge on any atom is -0.457 e. The summed E-state index contributed by atoms with van der Waals surface area (Å²) in [6.45, 7) is 4.76. The molecule has 0 rings (SSSR count). The summed E-state index contributed by atoms with van der Waals surface area (Å²) in [7, 11) is -4.28. The third-order valence-corrected chi connectivity index (χ3v) is 9.62.